The number of aryl methyl sites for hydroxylation is 2. The molecule has 0 bridgehead atoms. The molecule has 0 spiro atoms. The number of pyridine rings is 1. The third kappa shape index (κ3) is 3.18. The molecule has 1 aliphatic rings. The molecular formula is C16H21BrN2O2. The Labute approximate surface area is 134 Å². The second-order valence-electron chi connectivity index (χ2n) is 6.45. The number of aromatic nitrogens is 1. The largest absolute Gasteiger partial charge is 0.370 e. The van der Waals surface area contributed by atoms with Gasteiger partial charge in [-0.25, -0.2) is 0 Å². The Morgan fingerprint density at radius 3 is 2.33 bits per heavy atom. The Kier molecular flexibility index (Phi) is 4.51. The van der Waals surface area contributed by atoms with Gasteiger partial charge in [0.15, 0.2) is 6.29 Å². The summed E-state index contributed by atoms with van der Waals surface area (Å²) in [6.07, 6.45) is 2.51. The van der Waals surface area contributed by atoms with Crippen LogP contribution in [0.4, 0.5) is 5.69 Å². The SMILES string of the molecule is Cc1nc(C)c(C(=O)C=O)c(N2CCC(C)(C)CC2)c1Br. The van der Waals surface area contributed by atoms with Crippen LogP contribution in [0.25, 0.3) is 0 Å². The van der Waals surface area contributed by atoms with Crippen LogP contribution in [0.1, 0.15) is 48.4 Å². The Morgan fingerprint density at radius 2 is 1.81 bits per heavy atom. The van der Waals surface area contributed by atoms with Crippen LogP contribution in [0.5, 0.6) is 0 Å². The van der Waals surface area contributed by atoms with Gasteiger partial charge in [0.25, 0.3) is 0 Å². The van der Waals surface area contributed by atoms with Gasteiger partial charge in [-0.3, -0.25) is 14.6 Å². The number of carbonyl (C=O) groups is 2. The van der Waals surface area contributed by atoms with Crippen molar-refractivity contribution in [3.63, 3.8) is 0 Å². The molecule has 1 aliphatic heterocycles. The van der Waals surface area contributed by atoms with E-state index in [9.17, 15) is 9.59 Å². The van der Waals surface area contributed by atoms with Crippen LogP contribution in [0.2, 0.25) is 0 Å². The average molecular weight is 353 g/mol. The van der Waals surface area contributed by atoms with Gasteiger partial charge in [0.2, 0.25) is 5.78 Å². The van der Waals surface area contributed by atoms with Gasteiger partial charge in [-0.15, -0.1) is 0 Å². The Balaban J connectivity index is 2.51. The van der Waals surface area contributed by atoms with E-state index in [2.05, 4.69) is 39.7 Å². The molecule has 0 amide bonds. The zero-order chi connectivity index (χ0) is 15.8. The van der Waals surface area contributed by atoms with Gasteiger partial charge < -0.3 is 4.90 Å². The van der Waals surface area contributed by atoms with E-state index in [4.69, 9.17) is 0 Å². The summed E-state index contributed by atoms with van der Waals surface area (Å²) in [5.41, 5.74) is 3.05. The van der Waals surface area contributed by atoms with Crippen molar-refractivity contribution in [2.45, 2.75) is 40.5 Å². The van der Waals surface area contributed by atoms with E-state index < -0.39 is 5.78 Å². The molecular weight excluding hydrogens is 332 g/mol. The summed E-state index contributed by atoms with van der Waals surface area (Å²) in [5, 5.41) is 0. The van der Waals surface area contributed by atoms with Crippen molar-refractivity contribution in [3.8, 4) is 0 Å². The van der Waals surface area contributed by atoms with E-state index in [1.54, 1.807) is 6.92 Å². The number of hydrogen-bond acceptors (Lipinski definition) is 4. The zero-order valence-corrected chi connectivity index (χ0v) is 14.6. The van der Waals surface area contributed by atoms with E-state index in [-0.39, 0.29) is 0 Å². The first kappa shape index (κ1) is 16.1. The van der Waals surface area contributed by atoms with Crippen molar-refractivity contribution in [1.82, 2.24) is 4.98 Å². The van der Waals surface area contributed by atoms with Crippen molar-refractivity contribution >= 4 is 33.7 Å². The van der Waals surface area contributed by atoms with E-state index in [1.165, 1.54) is 0 Å². The number of anilines is 1. The van der Waals surface area contributed by atoms with Gasteiger partial charge in [0.1, 0.15) is 0 Å². The van der Waals surface area contributed by atoms with Crippen LogP contribution in [0.3, 0.4) is 0 Å². The van der Waals surface area contributed by atoms with E-state index in [0.717, 1.165) is 41.8 Å². The number of nitrogens with zero attached hydrogens (tertiary/aromatic N) is 2. The van der Waals surface area contributed by atoms with Crippen LogP contribution in [-0.2, 0) is 4.79 Å². The first-order valence-corrected chi connectivity index (χ1v) is 7.97. The molecule has 1 aromatic heterocycles. The van der Waals surface area contributed by atoms with Crippen LogP contribution in [0.15, 0.2) is 4.47 Å². The maximum atomic E-state index is 12.0. The summed E-state index contributed by atoms with van der Waals surface area (Å²) in [7, 11) is 0. The first-order valence-electron chi connectivity index (χ1n) is 7.18. The molecule has 0 N–H and O–H groups in total. The lowest BCUT2D eigenvalue weighted by atomic mass is 9.82. The summed E-state index contributed by atoms with van der Waals surface area (Å²) in [4.78, 5) is 29.6. The number of hydrogen-bond donors (Lipinski definition) is 0. The van der Waals surface area contributed by atoms with Crippen LogP contribution in [-0.4, -0.2) is 30.1 Å². The molecule has 0 aliphatic carbocycles. The van der Waals surface area contributed by atoms with Crippen molar-refractivity contribution < 1.29 is 9.59 Å². The van der Waals surface area contributed by atoms with Crippen molar-refractivity contribution in [2.75, 3.05) is 18.0 Å². The van der Waals surface area contributed by atoms with Crippen molar-refractivity contribution in [3.05, 3.63) is 21.4 Å². The first-order chi connectivity index (χ1) is 9.76. The minimum absolute atomic E-state index is 0.328. The quantitative estimate of drug-likeness (QED) is 0.474. The Bertz CT molecular complexity index is 586. The number of aldehydes is 1. The number of rotatable bonds is 3. The molecule has 0 aromatic carbocycles. The number of carbonyl (C=O) groups excluding carboxylic acids is 2. The van der Waals surface area contributed by atoms with Gasteiger partial charge in [-0.2, -0.15) is 0 Å². The molecule has 1 aromatic rings. The van der Waals surface area contributed by atoms with Gasteiger partial charge in [-0.1, -0.05) is 13.8 Å². The third-order valence-electron chi connectivity index (χ3n) is 4.25. The lowest BCUT2D eigenvalue weighted by Gasteiger charge is -2.39. The summed E-state index contributed by atoms with van der Waals surface area (Å²) < 4.78 is 0.818. The highest BCUT2D eigenvalue weighted by Gasteiger charge is 2.30. The molecule has 5 heteroatoms. The summed E-state index contributed by atoms with van der Waals surface area (Å²) >= 11 is 3.55. The highest BCUT2D eigenvalue weighted by atomic mass is 79.9. The number of ketones is 1. The molecule has 0 unspecified atom stereocenters. The normalized spacial score (nSPS) is 17.7. The van der Waals surface area contributed by atoms with Crippen LogP contribution < -0.4 is 4.90 Å². The van der Waals surface area contributed by atoms with Crippen LogP contribution in [0, 0.1) is 19.3 Å². The maximum Gasteiger partial charge on any atom is 0.229 e. The maximum absolute atomic E-state index is 12.0. The minimum atomic E-state index is -0.500. The molecule has 0 radical (unpaired) electrons. The van der Waals surface area contributed by atoms with Crippen LogP contribution >= 0.6 is 15.9 Å². The average Bonchev–Trinajstić information content (AvgIpc) is 2.42. The van der Waals surface area contributed by atoms with E-state index in [1.807, 2.05) is 6.92 Å². The van der Waals surface area contributed by atoms with E-state index >= 15 is 0 Å². The lowest BCUT2D eigenvalue weighted by molar-refractivity contribution is -0.104. The predicted octanol–water partition coefficient (Wildman–Crippen LogP) is 3.47. The molecule has 2 rings (SSSR count). The van der Waals surface area contributed by atoms with Gasteiger partial charge in [0.05, 0.1) is 27.1 Å². The van der Waals surface area contributed by atoms with Crippen molar-refractivity contribution in [2.24, 2.45) is 5.41 Å². The van der Waals surface area contributed by atoms with Gasteiger partial charge in [-0.05, 0) is 48.0 Å². The third-order valence-corrected chi connectivity index (χ3v) is 5.20. The molecule has 1 fully saturated rings. The van der Waals surface area contributed by atoms with E-state index in [0.29, 0.717) is 23.0 Å². The summed E-state index contributed by atoms with van der Waals surface area (Å²) in [5.74, 6) is -0.500. The smallest absolute Gasteiger partial charge is 0.229 e. The standard InChI is InChI=1S/C16H21BrN2O2/c1-10-13(12(21)9-20)15(14(17)11(2)18-10)19-7-5-16(3,4)6-8-19/h9H,5-8H2,1-4H3. The fourth-order valence-electron chi connectivity index (χ4n) is 2.80. The van der Waals surface area contributed by atoms with Gasteiger partial charge in [0, 0.05) is 13.1 Å². The highest BCUT2D eigenvalue weighted by molar-refractivity contribution is 9.10. The molecule has 1 saturated heterocycles. The summed E-state index contributed by atoms with van der Waals surface area (Å²) in [6, 6.07) is 0. The number of Topliss-reactive ketones (excluding diaryl/α,β-unsaturated/α-hetero) is 1. The number of halogens is 1. The predicted molar refractivity (Wildman–Crippen MR) is 87.0 cm³/mol. The summed E-state index contributed by atoms with van der Waals surface area (Å²) in [6.45, 7) is 9.98. The molecule has 0 saturated carbocycles. The Hall–Kier alpha value is -1.23. The second kappa shape index (κ2) is 5.87. The molecule has 21 heavy (non-hydrogen) atoms. The lowest BCUT2D eigenvalue weighted by Crippen LogP contribution is -2.38. The fourth-order valence-corrected chi connectivity index (χ4v) is 3.33. The fraction of sp³-hybridized carbons (Fsp3) is 0.562. The molecule has 2 heterocycles. The Morgan fingerprint density at radius 1 is 1.24 bits per heavy atom. The van der Waals surface area contributed by atoms with Crippen molar-refractivity contribution in [1.29, 1.82) is 0 Å². The molecule has 114 valence electrons. The monoisotopic (exact) mass is 352 g/mol. The number of piperidine rings is 1. The second-order valence-corrected chi connectivity index (χ2v) is 7.25. The van der Waals surface area contributed by atoms with Gasteiger partial charge >= 0.3 is 0 Å². The zero-order valence-electron chi connectivity index (χ0n) is 13.0. The minimum Gasteiger partial charge on any atom is -0.370 e. The highest BCUT2D eigenvalue weighted by Crippen LogP contribution is 2.38. The molecule has 0 atom stereocenters. The topological polar surface area (TPSA) is 50.3 Å². The molecule has 4 nitrogen and oxygen atoms in total.